The molecule has 172 valence electrons. The molecule has 1 aliphatic heterocycles. The Labute approximate surface area is 195 Å². The molecule has 1 aliphatic rings. The molecule has 11 heteroatoms. The molecular formula is C21H23BrN2O7S. The molecule has 0 saturated heterocycles. The molecule has 1 heterocycles. The molecular weight excluding hydrogens is 504 g/mol. The average Bonchev–Trinajstić information content (AvgIpc) is 2.68. The second-order valence-corrected chi connectivity index (χ2v) is 9.50. The van der Waals surface area contributed by atoms with E-state index in [0.717, 1.165) is 11.1 Å². The summed E-state index contributed by atoms with van der Waals surface area (Å²) < 4.78 is 44.6. The van der Waals surface area contributed by atoms with E-state index in [9.17, 15) is 13.2 Å². The van der Waals surface area contributed by atoms with Crippen molar-refractivity contribution in [1.82, 2.24) is 0 Å². The van der Waals surface area contributed by atoms with Crippen LogP contribution in [0.1, 0.15) is 37.8 Å². The number of nitrogens with zero attached hydrogens (tertiary/aromatic N) is 1. The molecule has 9 nitrogen and oxygen atoms in total. The molecule has 0 aliphatic carbocycles. The van der Waals surface area contributed by atoms with Crippen LogP contribution in [-0.4, -0.2) is 27.3 Å². The van der Waals surface area contributed by atoms with Gasteiger partial charge in [0, 0.05) is 11.8 Å². The van der Waals surface area contributed by atoms with Gasteiger partial charge in [0.15, 0.2) is 0 Å². The van der Waals surface area contributed by atoms with Crippen LogP contribution in [-0.2, 0) is 25.0 Å². The first-order valence-electron chi connectivity index (χ1n) is 9.74. The van der Waals surface area contributed by atoms with Crippen LogP contribution in [0.5, 0.6) is 11.5 Å². The largest absolute Gasteiger partial charge is 0.521 e. The van der Waals surface area contributed by atoms with Gasteiger partial charge in [-0.3, -0.25) is 5.32 Å². The maximum atomic E-state index is 11.8. The molecule has 0 aromatic heterocycles. The first kappa shape index (κ1) is 23.9. The lowest BCUT2D eigenvalue weighted by molar-refractivity contribution is 0.0418. The van der Waals surface area contributed by atoms with E-state index in [0.29, 0.717) is 35.4 Å². The van der Waals surface area contributed by atoms with Gasteiger partial charge < -0.3 is 13.7 Å². The lowest BCUT2D eigenvalue weighted by Crippen LogP contribution is -2.34. The summed E-state index contributed by atoms with van der Waals surface area (Å²) in [6, 6.07) is 10.1. The summed E-state index contributed by atoms with van der Waals surface area (Å²) in [4.78, 5) is 11.7. The number of ether oxygens (including phenoxy) is 2. The Bertz CT molecular complexity index is 1120. The van der Waals surface area contributed by atoms with E-state index < -0.39 is 22.1 Å². The Hall–Kier alpha value is -2.79. The van der Waals surface area contributed by atoms with Crippen molar-refractivity contribution >= 4 is 44.3 Å². The van der Waals surface area contributed by atoms with Crippen LogP contribution in [0.3, 0.4) is 0 Å². The summed E-state index contributed by atoms with van der Waals surface area (Å²) >= 11 is 3.44. The second-order valence-electron chi connectivity index (χ2n) is 7.51. The Morgan fingerprint density at radius 1 is 1.22 bits per heavy atom. The second kappa shape index (κ2) is 9.78. The van der Waals surface area contributed by atoms with Crippen molar-refractivity contribution in [1.29, 1.82) is 0 Å². The fraction of sp³-hybridized carbons (Fsp3) is 0.333. The number of unbranched alkanes of at least 4 members (excludes halogenated alkanes) is 1. The first-order valence-corrected chi connectivity index (χ1v) is 11.9. The molecule has 0 atom stereocenters. The zero-order valence-corrected chi connectivity index (χ0v) is 20.2. The van der Waals surface area contributed by atoms with Crippen LogP contribution in [0.25, 0.3) is 0 Å². The van der Waals surface area contributed by atoms with E-state index in [1.165, 1.54) is 18.3 Å². The third-order valence-electron chi connectivity index (χ3n) is 4.47. The lowest BCUT2D eigenvalue weighted by atomic mass is 9.94. The third kappa shape index (κ3) is 6.36. The topological polar surface area (TPSA) is 113 Å². The highest BCUT2D eigenvalue weighted by Crippen LogP contribution is 2.41. The molecule has 0 bridgehead atoms. The molecule has 0 unspecified atom stereocenters. The van der Waals surface area contributed by atoms with Crippen molar-refractivity contribution in [3.8, 4) is 11.5 Å². The van der Waals surface area contributed by atoms with Gasteiger partial charge >= 0.3 is 16.5 Å². The van der Waals surface area contributed by atoms with Crippen molar-refractivity contribution in [2.45, 2.75) is 39.2 Å². The van der Waals surface area contributed by atoms with Crippen LogP contribution in [0.15, 0.2) is 46.0 Å². The molecule has 2 aromatic rings. The zero-order valence-electron chi connectivity index (χ0n) is 17.8. The van der Waals surface area contributed by atoms with Crippen molar-refractivity contribution in [3.63, 3.8) is 0 Å². The Kier molecular flexibility index (Phi) is 7.29. The van der Waals surface area contributed by atoms with Crippen LogP contribution in [0.4, 0.5) is 10.5 Å². The number of rotatable bonds is 9. The maximum absolute atomic E-state index is 11.8. The van der Waals surface area contributed by atoms with E-state index in [-0.39, 0.29) is 5.75 Å². The van der Waals surface area contributed by atoms with E-state index in [4.69, 9.17) is 13.7 Å². The van der Waals surface area contributed by atoms with Gasteiger partial charge in [-0.2, -0.15) is 0 Å². The highest BCUT2D eigenvalue weighted by atomic mass is 79.9. The molecule has 0 fully saturated rings. The summed E-state index contributed by atoms with van der Waals surface area (Å²) in [5.74, 6) is 0.738. The SMILES string of the molecule is Cc1ccc(OS(=O)(=O)ON=CCCCOc2cc3c(cc2Br)NC(=O)OC3(C)C)cc1. The van der Waals surface area contributed by atoms with Crippen molar-refractivity contribution < 1.29 is 31.2 Å². The zero-order chi connectivity index (χ0) is 23.4. The summed E-state index contributed by atoms with van der Waals surface area (Å²) in [6.07, 6.45) is 1.81. The molecule has 0 spiro atoms. The molecule has 2 aromatic carbocycles. The van der Waals surface area contributed by atoms with Gasteiger partial charge in [0.25, 0.3) is 0 Å². The van der Waals surface area contributed by atoms with Crippen LogP contribution < -0.4 is 14.2 Å². The number of aryl methyl sites for hydroxylation is 1. The van der Waals surface area contributed by atoms with Gasteiger partial charge in [-0.1, -0.05) is 22.9 Å². The summed E-state index contributed by atoms with van der Waals surface area (Å²) in [5, 5.41) is 6.11. The molecule has 0 saturated carbocycles. The number of anilines is 1. The smallest absolute Gasteiger partial charge is 0.492 e. The van der Waals surface area contributed by atoms with E-state index >= 15 is 0 Å². The van der Waals surface area contributed by atoms with Gasteiger partial charge in [0.2, 0.25) is 0 Å². The van der Waals surface area contributed by atoms with Crippen molar-refractivity contribution in [2.24, 2.45) is 5.16 Å². The monoisotopic (exact) mass is 526 g/mol. The van der Waals surface area contributed by atoms with Gasteiger partial charge in [-0.15, -0.1) is 8.42 Å². The summed E-state index contributed by atoms with van der Waals surface area (Å²) in [7, 11) is -4.29. The van der Waals surface area contributed by atoms with Crippen LogP contribution in [0, 0.1) is 6.92 Å². The maximum Gasteiger partial charge on any atom is 0.521 e. The Morgan fingerprint density at radius 2 is 1.94 bits per heavy atom. The summed E-state index contributed by atoms with van der Waals surface area (Å²) in [5.41, 5.74) is 1.64. The molecule has 1 N–H and O–H groups in total. The number of cyclic esters (lactones) is 1. The number of hydrogen-bond donors (Lipinski definition) is 1. The Balaban J connectivity index is 1.46. The number of carbonyl (C=O) groups is 1. The predicted molar refractivity (Wildman–Crippen MR) is 122 cm³/mol. The molecule has 1 amide bonds. The minimum Gasteiger partial charge on any atom is -0.492 e. The highest BCUT2D eigenvalue weighted by Gasteiger charge is 2.34. The number of halogens is 1. The van der Waals surface area contributed by atoms with E-state index in [1.54, 1.807) is 32.0 Å². The normalized spacial score (nSPS) is 14.9. The number of oxime groups is 1. The minimum absolute atomic E-state index is 0.142. The lowest BCUT2D eigenvalue weighted by Gasteiger charge is -2.33. The summed E-state index contributed by atoms with van der Waals surface area (Å²) in [6.45, 7) is 5.83. The van der Waals surface area contributed by atoms with Crippen molar-refractivity contribution in [2.75, 3.05) is 11.9 Å². The fourth-order valence-corrected chi connectivity index (χ4v) is 3.91. The number of amides is 1. The van der Waals surface area contributed by atoms with Crippen LogP contribution in [0.2, 0.25) is 0 Å². The van der Waals surface area contributed by atoms with Crippen LogP contribution >= 0.6 is 15.9 Å². The van der Waals surface area contributed by atoms with Gasteiger partial charge in [-0.05, 0) is 73.8 Å². The van der Waals surface area contributed by atoms with E-state index in [2.05, 4.69) is 30.7 Å². The molecule has 3 rings (SSSR count). The van der Waals surface area contributed by atoms with E-state index in [1.807, 2.05) is 13.0 Å². The minimum atomic E-state index is -4.29. The van der Waals surface area contributed by atoms with Gasteiger partial charge in [-0.25, -0.2) is 9.08 Å². The fourth-order valence-electron chi connectivity index (χ4n) is 2.91. The number of nitrogens with one attached hydrogen (secondary N) is 1. The first-order chi connectivity index (χ1) is 15.1. The van der Waals surface area contributed by atoms with Gasteiger partial charge in [0.1, 0.15) is 17.1 Å². The Morgan fingerprint density at radius 3 is 2.66 bits per heavy atom. The molecule has 0 radical (unpaired) electrons. The number of hydrogen-bond acceptors (Lipinski definition) is 8. The number of carbonyl (C=O) groups excluding carboxylic acids is 1. The quantitative estimate of drug-likeness (QED) is 0.276. The number of benzene rings is 2. The highest BCUT2D eigenvalue weighted by molar-refractivity contribution is 9.10. The third-order valence-corrected chi connectivity index (χ3v) is 5.75. The standard InChI is InChI=1S/C21H23BrN2O7S/c1-14-6-8-15(9-7-14)30-32(26,27)31-23-10-4-5-11-28-19-12-16-18(13-17(19)22)24-20(25)29-21(16,2)3/h6-10,12-13H,4-5,11H2,1-3H3,(H,24,25). The van der Waals surface area contributed by atoms with Gasteiger partial charge in [0.05, 0.1) is 16.8 Å². The predicted octanol–water partition coefficient (Wildman–Crippen LogP) is 5.04. The molecule has 32 heavy (non-hydrogen) atoms. The number of fused-ring (bicyclic) bond motifs is 1. The van der Waals surface area contributed by atoms with Crippen molar-refractivity contribution in [3.05, 3.63) is 52.0 Å². The average molecular weight is 527 g/mol.